The van der Waals surface area contributed by atoms with Gasteiger partial charge in [0.25, 0.3) is 0 Å². The zero-order valence-corrected chi connectivity index (χ0v) is 13.3. The molecule has 0 bridgehead atoms. The number of nitrogen functional groups attached to an aromatic ring is 1. The molecule has 8 nitrogen and oxygen atoms in total. The molecule has 1 fully saturated rings. The number of anilines is 2. The summed E-state index contributed by atoms with van der Waals surface area (Å²) >= 11 is 0. The lowest BCUT2D eigenvalue weighted by atomic mass is 10.2. The molecule has 0 unspecified atom stereocenters. The van der Waals surface area contributed by atoms with Gasteiger partial charge in [0.15, 0.2) is 23.3 Å². The first-order valence-corrected chi connectivity index (χ1v) is 7.74. The molecule has 0 aliphatic carbocycles. The average molecular weight is 326 g/mol. The molecule has 0 radical (unpaired) electrons. The van der Waals surface area contributed by atoms with Crippen LogP contribution in [0.25, 0.3) is 22.4 Å². The van der Waals surface area contributed by atoms with E-state index in [1.165, 1.54) is 0 Å². The van der Waals surface area contributed by atoms with E-state index in [1.807, 2.05) is 18.2 Å². The maximum absolute atomic E-state index is 5.71. The van der Waals surface area contributed by atoms with Crippen molar-refractivity contribution in [1.29, 1.82) is 0 Å². The third-order valence-corrected chi connectivity index (χ3v) is 4.03. The smallest absolute Gasteiger partial charge is 0.198 e. The normalized spacial score (nSPS) is 15.0. The lowest BCUT2D eigenvalue weighted by molar-refractivity contribution is 0.122. The largest absolute Gasteiger partial charge is 0.491 e. The van der Waals surface area contributed by atoms with E-state index in [-0.39, 0.29) is 0 Å². The first-order chi connectivity index (χ1) is 11.7. The van der Waals surface area contributed by atoms with Crippen molar-refractivity contribution in [2.45, 2.75) is 0 Å². The highest BCUT2D eigenvalue weighted by Crippen LogP contribution is 2.29. The minimum atomic E-state index is 0.395. The zero-order valence-electron chi connectivity index (χ0n) is 13.3. The highest BCUT2D eigenvalue weighted by atomic mass is 16.5. The van der Waals surface area contributed by atoms with Gasteiger partial charge in [-0.1, -0.05) is 0 Å². The molecule has 1 aliphatic rings. The van der Waals surface area contributed by atoms with Gasteiger partial charge in [-0.2, -0.15) is 0 Å². The molecule has 3 heterocycles. The number of hydrogen-bond acceptors (Lipinski definition) is 7. The van der Waals surface area contributed by atoms with E-state index >= 15 is 0 Å². The van der Waals surface area contributed by atoms with Crippen molar-refractivity contribution in [2.75, 3.05) is 44.0 Å². The number of H-pyrrole nitrogens is 1. The third-order valence-electron chi connectivity index (χ3n) is 4.03. The quantitative estimate of drug-likeness (QED) is 0.751. The highest BCUT2D eigenvalue weighted by molar-refractivity contribution is 5.82. The summed E-state index contributed by atoms with van der Waals surface area (Å²) in [5.41, 5.74) is 8.26. The van der Waals surface area contributed by atoms with Gasteiger partial charge in [0.05, 0.1) is 37.6 Å². The Morgan fingerprint density at radius 3 is 2.88 bits per heavy atom. The van der Waals surface area contributed by atoms with Gasteiger partial charge in [0.1, 0.15) is 0 Å². The lowest BCUT2D eigenvalue weighted by Crippen LogP contribution is -2.37. The Kier molecular flexibility index (Phi) is 3.66. The molecule has 24 heavy (non-hydrogen) atoms. The van der Waals surface area contributed by atoms with Crippen molar-refractivity contribution >= 4 is 22.8 Å². The maximum atomic E-state index is 5.71. The molecule has 2 aromatic heterocycles. The monoisotopic (exact) mass is 326 g/mol. The second-order valence-corrected chi connectivity index (χ2v) is 5.54. The summed E-state index contributed by atoms with van der Waals surface area (Å²) in [7, 11) is 1.63. The molecule has 0 saturated carbocycles. The maximum Gasteiger partial charge on any atom is 0.198 e. The van der Waals surface area contributed by atoms with Crippen LogP contribution in [0.15, 0.2) is 24.4 Å². The number of imidazole rings is 1. The summed E-state index contributed by atoms with van der Waals surface area (Å²) in [5, 5.41) is 0. The van der Waals surface area contributed by atoms with E-state index in [4.69, 9.17) is 20.2 Å². The number of nitrogens with one attached hydrogen (secondary N) is 1. The summed E-state index contributed by atoms with van der Waals surface area (Å²) in [5.74, 6) is 2.46. The molecule has 124 valence electrons. The number of rotatable bonds is 3. The molecule has 4 rings (SSSR count). The first kappa shape index (κ1) is 14.7. The Balaban J connectivity index is 1.76. The van der Waals surface area contributed by atoms with Crippen LogP contribution in [-0.2, 0) is 4.74 Å². The lowest BCUT2D eigenvalue weighted by Gasteiger charge is -2.28. The van der Waals surface area contributed by atoms with E-state index in [9.17, 15) is 0 Å². The Labute approximate surface area is 138 Å². The van der Waals surface area contributed by atoms with Crippen LogP contribution in [0, 0.1) is 0 Å². The summed E-state index contributed by atoms with van der Waals surface area (Å²) in [6.45, 7) is 2.92. The fraction of sp³-hybridized carbons (Fsp3) is 0.312. The van der Waals surface area contributed by atoms with E-state index in [2.05, 4.69) is 19.9 Å². The minimum absolute atomic E-state index is 0.395. The molecule has 1 aromatic carbocycles. The number of aromatic nitrogens is 4. The van der Waals surface area contributed by atoms with Crippen LogP contribution in [0.1, 0.15) is 0 Å². The number of fused-ring (bicyclic) bond motifs is 1. The average Bonchev–Trinajstić information content (AvgIpc) is 3.01. The number of benzene rings is 1. The van der Waals surface area contributed by atoms with Crippen LogP contribution in [-0.4, -0.2) is 53.3 Å². The first-order valence-electron chi connectivity index (χ1n) is 7.74. The number of methoxy groups -OCH3 is 1. The molecule has 0 atom stereocenters. The molecule has 3 aromatic rings. The van der Waals surface area contributed by atoms with E-state index in [0.29, 0.717) is 30.7 Å². The summed E-state index contributed by atoms with van der Waals surface area (Å²) in [6, 6.07) is 5.80. The summed E-state index contributed by atoms with van der Waals surface area (Å²) < 4.78 is 10.8. The van der Waals surface area contributed by atoms with E-state index < -0.39 is 0 Å². The second-order valence-electron chi connectivity index (χ2n) is 5.54. The number of aromatic amines is 1. The molecule has 1 saturated heterocycles. The summed E-state index contributed by atoms with van der Waals surface area (Å²) in [6.07, 6.45) is 1.70. The molecule has 8 heteroatoms. The SMILES string of the molecule is COc1cnc(-c2ccc3[nH]c(N)nc3c2)nc1N1CCOCC1. The molecular weight excluding hydrogens is 308 g/mol. The molecule has 0 spiro atoms. The van der Waals surface area contributed by atoms with Gasteiger partial charge in [-0.25, -0.2) is 15.0 Å². The fourth-order valence-corrected chi connectivity index (χ4v) is 2.81. The Morgan fingerprint density at radius 1 is 1.25 bits per heavy atom. The van der Waals surface area contributed by atoms with Gasteiger partial charge in [-0.15, -0.1) is 0 Å². The Bertz CT molecular complexity index is 872. The van der Waals surface area contributed by atoms with Crippen molar-refractivity contribution in [2.24, 2.45) is 0 Å². The summed E-state index contributed by atoms with van der Waals surface area (Å²) in [4.78, 5) is 18.6. The van der Waals surface area contributed by atoms with Crippen LogP contribution in [0.2, 0.25) is 0 Å². The number of morpholine rings is 1. The number of ether oxygens (including phenoxy) is 2. The van der Waals surface area contributed by atoms with Crippen molar-refractivity contribution in [3.05, 3.63) is 24.4 Å². The number of hydrogen-bond donors (Lipinski definition) is 2. The standard InChI is InChI=1S/C16H18N6O2/c1-23-13-9-18-14(21-15(13)22-4-6-24-7-5-22)10-2-3-11-12(8-10)20-16(17)19-11/h2-3,8-9H,4-7H2,1H3,(H3,17,19,20). The van der Waals surface area contributed by atoms with Gasteiger partial charge in [-0.05, 0) is 18.2 Å². The Morgan fingerprint density at radius 2 is 2.08 bits per heavy atom. The van der Waals surface area contributed by atoms with Crippen LogP contribution in [0.4, 0.5) is 11.8 Å². The van der Waals surface area contributed by atoms with Gasteiger partial charge < -0.3 is 25.1 Å². The second kappa shape index (κ2) is 5.97. The predicted molar refractivity (Wildman–Crippen MR) is 91.1 cm³/mol. The highest BCUT2D eigenvalue weighted by Gasteiger charge is 2.19. The van der Waals surface area contributed by atoms with Crippen molar-refractivity contribution in [3.63, 3.8) is 0 Å². The van der Waals surface area contributed by atoms with Crippen LogP contribution in [0.5, 0.6) is 5.75 Å². The Hall–Kier alpha value is -2.87. The molecule has 3 N–H and O–H groups in total. The van der Waals surface area contributed by atoms with Gasteiger partial charge >= 0.3 is 0 Å². The molecule has 1 aliphatic heterocycles. The van der Waals surface area contributed by atoms with Crippen LogP contribution in [0.3, 0.4) is 0 Å². The third kappa shape index (κ3) is 2.61. The number of nitrogens with zero attached hydrogens (tertiary/aromatic N) is 4. The van der Waals surface area contributed by atoms with Crippen molar-refractivity contribution in [1.82, 2.24) is 19.9 Å². The van der Waals surface area contributed by atoms with Crippen LogP contribution < -0.4 is 15.4 Å². The van der Waals surface area contributed by atoms with Gasteiger partial charge in [-0.3, -0.25) is 0 Å². The predicted octanol–water partition coefficient (Wildman–Crippen LogP) is 1.45. The van der Waals surface area contributed by atoms with Gasteiger partial charge in [0, 0.05) is 18.7 Å². The van der Waals surface area contributed by atoms with Crippen molar-refractivity contribution < 1.29 is 9.47 Å². The van der Waals surface area contributed by atoms with Gasteiger partial charge in [0.2, 0.25) is 0 Å². The van der Waals surface area contributed by atoms with E-state index in [0.717, 1.165) is 35.5 Å². The minimum Gasteiger partial charge on any atom is -0.491 e. The molecule has 0 amide bonds. The number of nitrogens with two attached hydrogens (primary N) is 1. The zero-order chi connectivity index (χ0) is 16.5. The van der Waals surface area contributed by atoms with E-state index in [1.54, 1.807) is 13.3 Å². The fourth-order valence-electron chi connectivity index (χ4n) is 2.81. The topological polar surface area (TPSA) is 102 Å². The van der Waals surface area contributed by atoms with Crippen molar-refractivity contribution in [3.8, 4) is 17.1 Å². The molecular formula is C16H18N6O2. The van der Waals surface area contributed by atoms with Crippen LogP contribution >= 0.6 is 0 Å².